The van der Waals surface area contributed by atoms with Crippen molar-refractivity contribution in [2.45, 2.75) is 69.9 Å². The summed E-state index contributed by atoms with van der Waals surface area (Å²) < 4.78 is 2.09. The highest BCUT2D eigenvalue weighted by atomic mass is 16.2. The monoisotopic (exact) mass is 774 g/mol. The fourth-order valence-electron chi connectivity index (χ4n) is 8.48. The van der Waals surface area contributed by atoms with Crippen molar-refractivity contribution in [3.63, 3.8) is 0 Å². The van der Waals surface area contributed by atoms with E-state index >= 15 is 0 Å². The van der Waals surface area contributed by atoms with Crippen LogP contribution in [0.4, 0.5) is 23.1 Å². The van der Waals surface area contributed by atoms with Crippen molar-refractivity contribution in [2.24, 2.45) is 0 Å². The first kappa shape index (κ1) is 37.9. The molecule has 57 heavy (non-hydrogen) atoms. The third kappa shape index (κ3) is 7.60. The van der Waals surface area contributed by atoms with Crippen LogP contribution in [0.25, 0.3) is 11.0 Å². The number of amides is 4. The molecular weight excluding hydrogens is 729 g/mol. The lowest BCUT2D eigenvalue weighted by Gasteiger charge is -2.36. The molecule has 1 aromatic carbocycles. The average molecular weight is 775 g/mol. The minimum atomic E-state index is -0.967. The SMILES string of the molecule is CN(C)C(=O)c1cc2cnc(Nc3ccc(N4CCN(CCCC(=O)Nc5cccc6c5C(=O)N(C5CCC(=O)CC5=O)C6=O)CC4)cn3)nc2n1C1CCCC1. The Kier molecular flexibility index (Phi) is 10.5. The minimum Gasteiger partial charge on any atom is -0.368 e. The number of pyridine rings is 1. The van der Waals surface area contributed by atoms with Gasteiger partial charge in [-0.1, -0.05) is 18.9 Å². The minimum absolute atomic E-state index is 0.0492. The summed E-state index contributed by atoms with van der Waals surface area (Å²) in [5.41, 5.74) is 2.86. The standard InChI is InChI=1S/C41H46N10O6/c1-47(2)39(56)32-21-25-23-43-41(46-37(25)50(32)26-7-3-4-8-26)45-34-15-12-27(24-42-34)49-19-17-48(18-20-49)16-6-11-35(54)44-30-10-5-9-29-36(30)40(57)51(38(29)55)31-14-13-28(52)22-33(31)53/h5,9-10,12,15,21,23-24,26,31H,3-4,6-8,11,13-14,16-20,22H2,1-2H3,(H,44,54)(H,42,43,45,46). The molecule has 1 unspecified atom stereocenters. The quantitative estimate of drug-likeness (QED) is 0.164. The Hall–Kier alpha value is -6.03. The number of nitrogens with one attached hydrogen (secondary N) is 2. The molecule has 4 aromatic rings. The Labute approximate surface area is 329 Å². The Morgan fingerprint density at radius 3 is 2.42 bits per heavy atom. The molecule has 2 N–H and O–H groups in total. The van der Waals surface area contributed by atoms with Gasteiger partial charge in [0.05, 0.1) is 41.2 Å². The number of imide groups is 1. The molecule has 0 radical (unpaired) electrons. The van der Waals surface area contributed by atoms with Crippen molar-refractivity contribution in [3.05, 3.63) is 65.6 Å². The van der Waals surface area contributed by atoms with E-state index in [1.807, 2.05) is 24.4 Å². The van der Waals surface area contributed by atoms with Gasteiger partial charge in [-0.15, -0.1) is 0 Å². The molecule has 8 rings (SSSR count). The Morgan fingerprint density at radius 2 is 1.70 bits per heavy atom. The summed E-state index contributed by atoms with van der Waals surface area (Å²) in [4.78, 5) is 98.0. The maximum Gasteiger partial charge on any atom is 0.270 e. The van der Waals surface area contributed by atoms with Crippen molar-refractivity contribution in [1.82, 2.24) is 34.2 Å². The van der Waals surface area contributed by atoms with Crippen LogP contribution in [-0.4, -0.2) is 122 Å². The highest BCUT2D eigenvalue weighted by Crippen LogP contribution is 2.36. The molecule has 5 heterocycles. The lowest BCUT2D eigenvalue weighted by Crippen LogP contribution is -2.47. The summed E-state index contributed by atoms with van der Waals surface area (Å²) >= 11 is 0. The number of hydrogen-bond acceptors (Lipinski definition) is 12. The van der Waals surface area contributed by atoms with Gasteiger partial charge >= 0.3 is 0 Å². The van der Waals surface area contributed by atoms with E-state index in [0.717, 1.165) is 80.0 Å². The molecule has 16 nitrogen and oxygen atoms in total. The molecule has 3 fully saturated rings. The summed E-state index contributed by atoms with van der Waals surface area (Å²) in [6.45, 7) is 3.96. The molecule has 4 aliphatic rings. The van der Waals surface area contributed by atoms with E-state index in [4.69, 9.17) is 4.98 Å². The molecule has 1 atom stereocenters. The predicted octanol–water partition coefficient (Wildman–Crippen LogP) is 4.21. The van der Waals surface area contributed by atoms with Gasteiger partial charge in [0.1, 0.15) is 22.9 Å². The van der Waals surface area contributed by atoms with Crippen LogP contribution in [0.3, 0.4) is 0 Å². The zero-order valence-corrected chi connectivity index (χ0v) is 32.2. The number of piperazine rings is 1. The third-order valence-corrected chi connectivity index (χ3v) is 11.5. The van der Waals surface area contributed by atoms with Crippen molar-refractivity contribution in [2.75, 3.05) is 62.4 Å². The Balaban J connectivity index is 0.818. The van der Waals surface area contributed by atoms with Gasteiger partial charge in [-0.25, -0.2) is 9.97 Å². The number of carbonyl (C=O) groups excluding carboxylic acids is 6. The average Bonchev–Trinajstić information content (AvgIpc) is 3.92. The molecule has 296 valence electrons. The maximum atomic E-state index is 13.4. The topological polar surface area (TPSA) is 183 Å². The number of carbonyl (C=O) groups is 6. The second-order valence-electron chi connectivity index (χ2n) is 15.5. The molecular formula is C41H46N10O6. The van der Waals surface area contributed by atoms with Crippen LogP contribution in [0, 0.1) is 0 Å². The zero-order valence-electron chi connectivity index (χ0n) is 32.2. The number of benzene rings is 1. The van der Waals surface area contributed by atoms with E-state index in [9.17, 15) is 28.8 Å². The van der Waals surface area contributed by atoms with E-state index in [1.54, 1.807) is 37.3 Å². The number of Topliss-reactive ketones (excluding diaryl/α,β-unsaturated/α-hetero) is 2. The number of hydrogen-bond donors (Lipinski definition) is 2. The molecule has 16 heteroatoms. The summed E-state index contributed by atoms with van der Waals surface area (Å²) in [5, 5.41) is 6.88. The second kappa shape index (κ2) is 15.8. The lowest BCUT2D eigenvalue weighted by atomic mass is 9.92. The van der Waals surface area contributed by atoms with Gasteiger partial charge in [0.25, 0.3) is 17.7 Å². The van der Waals surface area contributed by atoms with Gasteiger partial charge in [0.15, 0.2) is 5.78 Å². The number of ketones is 2. The lowest BCUT2D eigenvalue weighted by molar-refractivity contribution is -0.132. The predicted molar refractivity (Wildman–Crippen MR) is 212 cm³/mol. The molecule has 3 aromatic heterocycles. The van der Waals surface area contributed by atoms with Gasteiger partial charge in [0.2, 0.25) is 11.9 Å². The molecule has 2 aliphatic carbocycles. The highest BCUT2D eigenvalue weighted by molar-refractivity contribution is 6.26. The van der Waals surface area contributed by atoms with Crippen LogP contribution < -0.4 is 15.5 Å². The van der Waals surface area contributed by atoms with Crippen LogP contribution in [0.1, 0.15) is 95.0 Å². The molecule has 2 saturated carbocycles. The largest absolute Gasteiger partial charge is 0.368 e. The third-order valence-electron chi connectivity index (χ3n) is 11.5. The highest BCUT2D eigenvalue weighted by Gasteiger charge is 2.45. The van der Waals surface area contributed by atoms with Crippen molar-refractivity contribution >= 4 is 69.4 Å². The van der Waals surface area contributed by atoms with Gasteiger partial charge in [0, 0.05) is 70.7 Å². The van der Waals surface area contributed by atoms with Gasteiger partial charge in [-0.2, -0.15) is 4.98 Å². The molecule has 0 bridgehead atoms. The van der Waals surface area contributed by atoms with Crippen molar-refractivity contribution in [1.29, 1.82) is 0 Å². The number of nitrogens with zero attached hydrogens (tertiary/aromatic N) is 8. The van der Waals surface area contributed by atoms with Crippen LogP contribution in [0.2, 0.25) is 0 Å². The first-order valence-electron chi connectivity index (χ1n) is 19.7. The Bertz CT molecular complexity index is 2260. The summed E-state index contributed by atoms with van der Waals surface area (Å²) in [6, 6.07) is 9.79. The van der Waals surface area contributed by atoms with Crippen molar-refractivity contribution < 1.29 is 28.8 Å². The number of anilines is 4. The smallest absolute Gasteiger partial charge is 0.270 e. The van der Waals surface area contributed by atoms with E-state index in [1.165, 1.54) is 6.07 Å². The molecule has 4 amide bonds. The van der Waals surface area contributed by atoms with E-state index in [2.05, 4.69) is 35.0 Å². The van der Waals surface area contributed by atoms with Crippen LogP contribution in [0.15, 0.2) is 48.8 Å². The van der Waals surface area contributed by atoms with Crippen molar-refractivity contribution in [3.8, 4) is 0 Å². The fraction of sp³-hybridized carbons (Fsp3) is 0.439. The van der Waals surface area contributed by atoms with E-state index in [0.29, 0.717) is 23.9 Å². The summed E-state index contributed by atoms with van der Waals surface area (Å²) in [7, 11) is 3.52. The number of rotatable bonds is 11. The van der Waals surface area contributed by atoms with Gasteiger partial charge in [-0.05, 0) is 62.6 Å². The molecule has 0 spiro atoms. The Morgan fingerprint density at radius 1 is 0.912 bits per heavy atom. The van der Waals surface area contributed by atoms with E-state index < -0.39 is 23.6 Å². The van der Waals surface area contributed by atoms with Crippen LogP contribution >= 0.6 is 0 Å². The zero-order chi connectivity index (χ0) is 39.8. The summed E-state index contributed by atoms with van der Waals surface area (Å²) in [6.07, 6.45) is 8.70. The molecule has 1 saturated heterocycles. The van der Waals surface area contributed by atoms with Gasteiger partial charge < -0.3 is 25.0 Å². The first-order chi connectivity index (χ1) is 27.5. The van der Waals surface area contributed by atoms with E-state index in [-0.39, 0.29) is 66.1 Å². The summed E-state index contributed by atoms with van der Waals surface area (Å²) in [5.74, 6) is -1.11. The normalized spacial score (nSPS) is 19.1. The molecule has 2 aliphatic heterocycles. The first-order valence-corrected chi connectivity index (χ1v) is 19.7. The van der Waals surface area contributed by atoms with Gasteiger partial charge in [-0.3, -0.25) is 38.6 Å². The number of aromatic nitrogens is 4. The van der Waals surface area contributed by atoms with Crippen LogP contribution in [0.5, 0.6) is 0 Å². The second-order valence-corrected chi connectivity index (χ2v) is 15.5. The maximum absolute atomic E-state index is 13.4. The van der Waals surface area contributed by atoms with Crippen LogP contribution in [-0.2, 0) is 14.4 Å². The number of fused-ring (bicyclic) bond motifs is 2. The fourth-order valence-corrected chi connectivity index (χ4v) is 8.48.